The molecule has 1 fully saturated rings. The average Bonchev–Trinajstić information content (AvgIpc) is 2.28. The molecule has 0 bridgehead atoms. The van der Waals surface area contributed by atoms with Crippen molar-refractivity contribution in [2.45, 2.75) is 12.8 Å². The molecule has 2 rings (SSSR count). The van der Waals surface area contributed by atoms with Crippen molar-refractivity contribution in [3.8, 4) is 5.75 Å². The van der Waals surface area contributed by atoms with Gasteiger partial charge in [0.1, 0.15) is 0 Å². The zero-order chi connectivity index (χ0) is 12.3. The first kappa shape index (κ1) is 12.2. The minimum Gasteiger partial charge on any atom is -0.490 e. The topological polar surface area (TPSA) is 38.5 Å². The second kappa shape index (κ2) is 5.36. The van der Waals surface area contributed by atoms with Gasteiger partial charge < -0.3 is 15.4 Å². The number of ether oxygens (including phenoxy) is 1. The number of anilines is 1. The van der Waals surface area contributed by atoms with E-state index in [1.165, 1.54) is 12.5 Å². The monoisotopic (exact) mass is 238 g/mol. The van der Waals surface area contributed by atoms with Crippen LogP contribution in [0.3, 0.4) is 0 Å². The van der Waals surface area contributed by atoms with E-state index in [-0.39, 0.29) is 5.82 Å². The zero-order valence-electron chi connectivity index (χ0n) is 10.2. The van der Waals surface area contributed by atoms with Crippen LogP contribution in [-0.4, -0.2) is 31.6 Å². The molecule has 0 aromatic heterocycles. The molecule has 3 nitrogen and oxygen atoms in total. The molecule has 17 heavy (non-hydrogen) atoms. The third-order valence-electron chi connectivity index (χ3n) is 3.15. The Bertz CT molecular complexity index is 384. The summed E-state index contributed by atoms with van der Waals surface area (Å²) in [6.07, 6.45) is 2.34. The number of benzene rings is 1. The van der Waals surface area contributed by atoms with Crippen LogP contribution < -0.4 is 10.5 Å². The van der Waals surface area contributed by atoms with Gasteiger partial charge in [-0.25, -0.2) is 4.39 Å². The van der Waals surface area contributed by atoms with E-state index in [1.807, 2.05) is 0 Å². The van der Waals surface area contributed by atoms with E-state index in [4.69, 9.17) is 10.5 Å². The highest BCUT2D eigenvalue weighted by atomic mass is 19.1. The Hall–Kier alpha value is -1.29. The fourth-order valence-electron chi connectivity index (χ4n) is 2.25. The maximum absolute atomic E-state index is 13.5. The third kappa shape index (κ3) is 3.33. The molecule has 0 saturated carbocycles. The predicted octanol–water partition coefficient (Wildman–Crippen LogP) is 2.13. The number of hydrogen-bond donors (Lipinski definition) is 1. The van der Waals surface area contributed by atoms with Gasteiger partial charge in [0.15, 0.2) is 11.6 Å². The molecular formula is C13H19FN2O. The van der Waals surface area contributed by atoms with Crippen LogP contribution in [0.5, 0.6) is 5.75 Å². The van der Waals surface area contributed by atoms with Gasteiger partial charge in [0.2, 0.25) is 0 Å². The number of nitrogens with two attached hydrogens (primary N) is 1. The first-order valence-electron chi connectivity index (χ1n) is 6.01. The summed E-state index contributed by atoms with van der Waals surface area (Å²) >= 11 is 0. The number of nitrogen functional groups attached to an aromatic ring is 1. The number of rotatable bonds is 3. The van der Waals surface area contributed by atoms with Crippen LogP contribution in [-0.2, 0) is 0 Å². The molecular weight excluding hydrogens is 219 g/mol. The lowest BCUT2D eigenvalue weighted by Crippen LogP contribution is -2.34. The van der Waals surface area contributed by atoms with Gasteiger partial charge in [0.05, 0.1) is 6.61 Å². The first-order valence-corrected chi connectivity index (χ1v) is 6.01. The molecule has 0 amide bonds. The van der Waals surface area contributed by atoms with E-state index in [0.29, 0.717) is 24.0 Å². The Morgan fingerprint density at radius 1 is 1.53 bits per heavy atom. The van der Waals surface area contributed by atoms with E-state index in [0.717, 1.165) is 19.5 Å². The van der Waals surface area contributed by atoms with Crippen LogP contribution in [0.4, 0.5) is 10.1 Å². The van der Waals surface area contributed by atoms with Crippen molar-refractivity contribution in [3.63, 3.8) is 0 Å². The predicted molar refractivity (Wildman–Crippen MR) is 66.5 cm³/mol. The van der Waals surface area contributed by atoms with Crippen molar-refractivity contribution >= 4 is 5.69 Å². The first-order chi connectivity index (χ1) is 8.15. The molecule has 0 unspecified atom stereocenters. The zero-order valence-corrected chi connectivity index (χ0v) is 10.2. The lowest BCUT2D eigenvalue weighted by atomic mass is 10.00. The van der Waals surface area contributed by atoms with Gasteiger partial charge in [-0.1, -0.05) is 0 Å². The Morgan fingerprint density at radius 3 is 3.06 bits per heavy atom. The van der Waals surface area contributed by atoms with E-state index in [1.54, 1.807) is 12.1 Å². The van der Waals surface area contributed by atoms with Crippen molar-refractivity contribution in [1.29, 1.82) is 0 Å². The quantitative estimate of drug-likeness (QED) is 0.820. The molecule has 1 aliphatic rings. The normalized spacial score (nSPS) is 21.4. The lowest BCUT2D eigenvalue weighted by molar-refractivity contribution is 0.147. The van der Waals surface area contributed by atoms with Crippen LogP contribution in [0.1, 0.15) is 12.8 Å². The van der Waals surface area contributed by atoms with Gasteiger partial charge in [-0.2, -0.15) is 0 Å². The summed E-state index contributed by atoms with van der Waals surface area (Å²) in [6.45, 7) is 2.74. The van der Waals surface area contributed by atoms with Gasteiger partial charge in [-0.3, -0.25) is 0 Å². The van der Waals surface area contributed by atoms with E-state index in [2.05, 4.69) is 11.9 Å². The largest absolute Gasteiger partial charge is 0.490 e. The van der Waals surface area contributed by atoms with Crippen LogP contribution in [0.25, 0.3) is 0 Å². The Kier molecular flexibility index (Phi) is 3.84. The Labute approximate surface area is 101 Å². The number of halogens is 1. The van der Waals surface area contributed by atoms with Crippen molar-refractivity contribution in [1.82, 2.24) is 4.90 Å². The summed E-state index contributed by atoms with van der Waals surface area (Å²) in [5.41, 5.74) is 5.91. The minimum absolute atomic E-state index is 0.299. The third-order valence-corrected chi connectivity index (χ3v) is 3.15. The van der Waals surface area contributed by atoms with Crippen LogP contribution >= 0.6 is 0 Å². The van der Waals surface area contributed by atoms with E-state index >= 15 is 0 Å². The summed E-state index contributed by atoms with van der Waals surface area (Å²) < 4.78 is 19.0. The number of piperidine rings is 1. The highest BCUT2D eigenvalue weighted by Crippen LogP contribution is 2.22. The van der Waals surface area contributed by atoms with Gasteiger partial charge in [-0.05, 0) is 38.6 Å². The van der Waals surface area contributed by atoms with Gasteiger partial charge in [0, 0.05) is 24.2 Å². The number of likely N-dealkylation sites (tertiary alicyclic amines) is 1. The van der Waals surface area contributed by atoms with Crippen LogP contribution in [0, 0.1) is 11.7 Å². The standard InChI is InChI=1S/C13H19FN2O/c1-16-6-2-3-10(8-16)9-17-13-5-4-11(15)7-12(13)14/h4-5,7,10H,2-3,6,8-9,15H2,1H3/t10-/m0/s1. The fourth-order valence-corrected chi connectivity index (χ4v) is 2.25. The molecule has 1 heterocycles. The second-order valence-electron chi connectivity index (χ2n) is 4.77. The smallest absolute Gasteiger partial charge is 0.167 e. The van der Waals surface area contributed by atoms with Crippen molar-refractivity contribution in [2.24, 2.45) is 5.92 Å². The van der Waals surface area contributed by atoms with Crippen LogP contribution in [0.15, 0.2) is 18.2 Å². The number of hydrogen-bond acceptors (Lipinski definition) is 3. The number of nitrogens with zero attached hydrogens (tertiary/aromatic N) is 1. The Balaban J connectivity index is 1.88. The van der Waals surface area contributed by atoms with Gasteiger partial charge >= 0.3 is 0 Å². The summed E-state index contributed by atoms with van der Waals surface area (Å²) in [5.74, 6) is 0.410. The van der Waals surface area contributed by atoms with Crippen LogP contribution in [0.2, 0.25) is 0 Å². The molecule has 1 aromatic rings. The van der Waals surface area contributed by atoms with Crippen molar-refractivity contribution < 1.29 is 9.13 Å². The lowest BCUT2D eigenvalue weighted by Gasteiger charge is -2.29. The maximum Gasteiger partial charge on any atom is 0.167 e. The molecule has 4 heteroatoms. The molecule has 0 radical (unpaired) electrons. The second-order valence-corrected chi connectivity index (χ2v) is 4.77. The van der Waals surface area contributed by atoms with Crippen molar-refractivity contribution in [3.05, 3.63) is 24.0 Å². The van der Waals surface area contributed by atoms with Gasteiger partial charge in [0.25, 0.3) is 0 Å². The van der Waals surface area contributed by atoms with Gasteiger partial charge in [-0.15, -0.1) is 0 Å². The minimum atomic E-state index is -0.380. The molecule has 1 saturated heterocycles. The van der Waals surface area contributed by atoms with E-state index in [9.17, 15) is 4.39 Å². The summed E-state index contributed by atoms with van der Waals surface area (Å²) in [4.78, 5) is 2.29. The highest BCUT2D eigenvalue weighted by Gasteiger charge is 2.18. The molecule has 1 atom stereocenters. The summed E-state index contributed by atoms with van der Waals surface area (Å²) in [7, 11) is 2.11. The molecule has 1 aromatic carbocycles. The van der Waals surface area contributed by atoms with Crippen molar-refractivity contribution in [2.75, 3.05) is 32.5 Å². The summed E-state index contributed by atoms with van der Waals surface area (Å²) in [6, 6.07) is 4.55. The van der Waals surface area contributed by atoms with E-state index < -0.39 is 0 Å². The SMILES string of the molecule is CN1CCC[C@H](COc2ccc(N)cc2F)C1. The molecule has 94 valence electrons. The molecule has 2 N–H and O–H groups in total. The molecule has 0 aliphatic carbocycles. The highest BCUT2D eigenvalue weighted by molar-refractivity contribution is 5.42. The Morgan fingerprint density at radius 2 is 2.35 bits per heavy atom. The molecule has 0 spiro atoms. The average molecular weight is 238 g/mol. The summed E-state index contributed by atoms with van der Waals surface area (Å²) in [5, 5.41) is 0. The fraction of sp³-hybridized carbons (Fsp3) is 0.538. The maximum atomic E-state index is 13.5. The molecule has 1 aliphatic heterocycles.